The number of ether oxygens (including phenoxy) is 2. The van der Waals surface area contributed by atoms with Gasteiger partial charge in [-0.1, -0.05) is 6.07 Å². The molecule has 1 aliphatic heterocycles. The van der Waals surface area contributed by atoms with Crippen LogP contribution >= 0.6 is 0 Å². The van der Waals surface area contributed by atoms with Gasteiger partial charge in [0.05, 0.1) is 24.1 Å². The van der Waals surface area contributed by atoms with Gasteiger partial charge in [0.1, 0.15) is 13.2 Å². The normalized spacial score (nSPS) is 20.2. The highest BCUT2D eigenvalue weighted by Crippen LogP contribution is 2.40. The summed E-state index contributed by atoms with van der Waals surface area (Å²) < 4.78 is 11.0. The topological polar surface area (TPSA) is 89.6 Å². The lowest BCUT2D eigenvalue weighted by Crippen LogP contribution is -2.27. The van der Waals surface area contributed by atoms with Crippen molar-refractivity contribution in [1.29, 1.82) is 0 Å². The fourth-order valence-electron chi connectivity index (χ4n) is 2.94. The van der Waals surface area contributed by atoms with Crippen molar-refractivity contribution in [2.45, 2.75) is 13.0 Å². The molecule has 1 aromatic heterocycles. The van der Waals surface area contributed by atoms with Crippen LogP contribution in [0.1, 0.15) is 12.1 Å². The highest BCUT2D eigenvalue weighted by atomic mass is 16.6. The second-order valence-corrected chi connectivity index (χ2v) is 6.34. The SMILES string of the molecule is O=C(NCc1ccccn1)C1CC1C(=O)Nc1ccc2c(c1)OCCO2. The molecule has 2 unspecified atom stereocenters. The van der Waals surface area contributed by atoms with Crippen LogP contribution in [0.5, 0.6) is 11.5 Å². The van der Waals surface area contributed by atoms with Gasteiger partial charge in [0.2, 0.25) is 11.8 Å². The van der Waals surface area contributed by atoms with Crippen LogP contribution < -0.4 is 20.1 Å². The number of aromatic nitrogens is 1. The number of carbonyl (C=O) groups excluding carboxylic acids is 2. The third kappa shape index (κ3) is 3.61. The lowest BCUT2D eigenvalue weighted by atomic mass is 10.2. The van der Waals surface area contributed by atoms with Gasteiger partial charge in [-0.2, -0.15) is 0 Å². The Morgan fingerprint density at radius 3 is 2.65 bits per heavy atom. The van der Waals surface area contributed by atoms with Gasteiger partial charge in [-0.3, -0.25) is 14.6 Å². The number of rotatable bonds is 5. The van der Waals surface area contributed by atoms with Gasteiger partial charge in [-0.25, -0.2) is 0 Å². The monoisotopic (exact) mass is 353 g/mol. The van der Waals surface area contributed by atoms with Crippen LogP contribution in [0.3, 0.4) is 0 Å². The lowest BCUT2D eigenvalue weighted by Gasteiger charge is -2.19. The third-order valence-electron chi connectivity index (χ3n) is 4.44. The zero-order valence-corrected chi connectivity index (χ0v) is 14.1. The van der Waals surface area contributed by atoms with Crippen molar-refractivity contribution in [2.24, 2.45) is 11.8 Å². The molecule has 0 spiro atoms. The zero-order valence-electron chi connectivity index (χ0n) is 14.1. The van der Waals surface area contributed by atoms with Gasteiger partial charge in [0.25, 0.3) is 0 Å². The maximum atomic E-state index is 12.4. The van der Waals surface area contributed by atoms with Crippen LogP contribution in [-0.2, 0) is 16.1 Å². The van der Waals surface area contributed by atoms with Crippen molar-refractivity contribution >= 4 is 17.5 Å². The van der Waals surface area contributed by atoms with Gasteiger partial charge >= 0.3 is 0 Å². The number of fused-ring (bicyclic) bond motifs is 1. The average Bonchev–Trinajstić information content (AvgIpc) is 3.48. The molecule has 0 radical (unpaired) electrons. The molecule has 2 N–H and O–H groups in total. The van der Waals surface area contributed by atoms with Crippen LogP contribution in [0.15, 0.2) is 42.6 Å². The predicted octanol–water partition coefficient (Wildman–Crippen LogP) is 1.74. The van der Waals surface area contributed by atoms with Crippen LogP contribution in [0.4, 0.5) is 5.69 Å². The Balaban J connectivity index is 1.29. The van der Waals surface area contributed by atoms with Gasteiger partial charge in [-0.15, -0.1) is 0 Å². The molecule has 0 bridgehead atoms. The van der Waals surface area contributed by atoms with Gasteiger partial charge in [0, 0.05) is 18.0 Å². The summed E-state index contributed by atoms with van der Waals surface area (Å²) in [5.74, 6) is 0.447. The van der Waals surface area contributed by atoms with E-state index < -0.39 is 0 Å². The molecule has 2 heterocycles. The number of anilines is 1. The number of benzene rings is 1. The molecule has 1 fully saturated rings. The van der Waals surface area contributed by atoms with Crippen molar-refractivity contribution < 1.29 is 19.1 Å². The zero-order chi connectivity index (χ0) is 17.9. The first-order valence-corrected chi connectivity index (χ1v) is 8.59. The summed E-state index contributed by atoms with van der Waals surface area (Å²) in [6.07, 6.45) is 2.24. The van der Waals surface area contributed by atoms with Crippen molar-refractivity contribution in [3.63, 3.8) is 0 Å². The highest BCUT2D eigenvalue weighted by molar-refractivity contribution is 5.99. The Kier molecular flexibility index (Phi) is 4.43. The van der Waals surface area contributed by atoms with Crippen molar-refractivity contribution in [1.82, 2.24) is 10.3 Å². The molecule has 2 atom stereocenters. The third-order valence-corrected chi connectivity index (χ3v) is 4.44. The maximum Gasteiger partial charge on any atom is 0.228 e. The maximum absolute atomic E-state index is 12.4. The molecule has 7 nitrogen and oxygen atoms in total. The molecule has 2 amide bonds. The Labute approximate surface area is 150 Å². The lowest BCUT2D eigenvalue weighted by molar-refractivity contribution is -0.125. The summed E-state index contributed by atoms with van der Waals surface area (Å²) in [5, 5.41) is 5.68. The number of amides is 2. The predicted molar refractivity (Wildman–Crippen MR) is 93.7 cm³/mol. The van der Waals surface area contributed by atoms with Crippen molar-refractivity contribution in [3.05, 3.63) is 48.3 Å². The molecule has 2 aromatic rings. The van der Waals surface area contributed by atoms with E-state index in [1.54, 1.807) is 24.4 Å². The Hall–Kier alpha value is -3.09. The van der Waals surface area contributed by atoms with E-state index in [2.05, 4.69) is 15.6 Å². The smallest absolute Gasteiger partial charge is 0.228 e. The fraction of sp³-hybridized carbons (Fsp3) is 0.316. The van der Waals surface area contributed by atoms with E-state index in [1.165, 1.54) is 0 Å². The standard InChI is InChI=1S/C19H19N3O4/c23-18(21-11-13-3-1-2-6-20-13)14-10-15(14)19(24)22-12-4-5-16-17(9-12)26-8-7-25-16/h1-6,9,14-15H,7-8,10-11H2,(H,21,23)(H,22,24). The first-order chi connectivity index (χ1) is 12.7. The van der Waals surface area contributed by atoms with E-state index >= 15 is 0 Å². The van der Waals surface area contributed by atoms with Crippen molar-refractivity contribution in [2.75, 3.05) is 18.5 Å². The number of hydrogen-bond donors (Lipinski definition) is 2. The molecule has 134 valence electrons. The highest BCUT2D eigenvalue weighted by Gasteiger charge is 2.47. The van der Waals surface area contributed by atoms with E-state index in [0.717, 1.165) is 5.69 Å². The Bertz CT molecular complexity index is 825. The van der Waals surface area contributed by atoms with E-state index in [9.17, 15) is 9.59 Å². The molecule has 1 aromatic carbocycles. The molecule has 7 heteroatoms. The molecule has 1 aliphatic carbocycles. The second-order valence-electron chi connectivity index (χ2n) is 6.34. The van der Waals surface area contributed by atoms with Gasteiger partial charge < -0.3 is 20.1 Å². The molecule has 4 rings (SSSR count). The number of nitrogens with zero attached hydrogens (tertiary/aromatic N) is 1. The summed E-state index contributed by atoms with van der Waals surface area (Å²) in [6, 6.07) is 10.8. The first kappa shape index (κ1) is 16.4. The first-order valence-electron chi connectivity index (χ1n) is 8.59. The number of pyridine rings is 1. The van der Waals surface area contributed by atoms with Crippen LogP contribution in [0, 0.1) is 11.8 Å². The molecular formula is C19H19N3O4. The minimum atomic E-state index is -0.299. The average molecular weight is 353 g/mol. The summed E-state index contributed by atoms with van der Waals surface area (Å²) in [6.45, 7) is 1.38. The van der Waals surface area contributed by atoms with E-state index in [-0.39, 0.29) is 23.7 Å². The number of hydrogen-bond acceptors (Lipinski definition) is 5. The number of nitrogens with one attached hydrogen (secondary N) is 2. The summed E-state index contributed by atoms with van der Waals surface area (Å²) in [7, 11) is 0. The van der Waals surface area contributed by atoms with E-state index in [4.69, 9.17) is 9.47 Å². The molecule has 1 saturated carbocycles. The largest absolute Gasteiger partial charge is 0.486 e. The van der Waals surface area contributed by atoms with Crippen molar-refractivity contribution in [3.8, 4) is 11.5 Å². The van der Waals surface area contributed by atoms with Crippen LogP contribution in [-0.4, -0.2) is 30.0 Å². The summed E-state index contributed by atoms with van der Waals surface area (Å²) in [4.78, 5) is 28.7. The fourth-order valence-corrected chi connectivity index (χ4v) is 2.94. The minimum Gasteiger partial charge on any atom is -0.486 e. The summed E-state index contributed by atoms with van der Waals surface area (Å²) >= 11 is 0. The van der Waals surface area contributed by atoms with Crippen LogP contribution in [0.25, 0.3) is 0 Å². The molecule has 2 aliphatic rings. The minimum absolute atomic E-state index is 0.113. The van der Waals surface area contributed by atoms with Gasteiger partial charge in [0.15, 0.2) is 11.5 Å². The second kappa shape index (κ2) is 7.03. The summed E-state index contributed by atoms with van der Waals surface area (Å²) in [5.41, 5.74) is 1.43. The molecule has 0 saturated heterocycles. The van der Waals surface area contributed by atoms with Crippen LogP contribution in [0.2, 0.25) is 0 Å². The Morgan fingerprint density at radius 2 is 1.85 bits per heavy atom. The number of carbonyl (C=O) groups is 2. The van der Waals surface area contributed by atoms with E-state index in [0.29, 0.717) is 43.4 Å². The van der Waals surface area contributed by atoms with E-state index in [1.807, 2.05) is 18.2 Å². The molecular weight excluding hydrogens is 334 g/mol. The molecule has 26 heavy (non-hydrogen) atoms. The Morgan fingerprint density at radius 1 is 1.04 bits per heavy atom. The van der Waals surface area contributed by atoms with Gasteiger partial charge in [-0.05, 0) is 30.7 Å². The quantitative estimate of drug-likeness (QED) is 0.855.